The molecule has 102 valence electrons. The topological polar surface area (TPSA) is 37.8 Å². The molecular formula is C16H23N3. The van der Waals surface area contributed by atoms with E-state index in [9.17, 15) is 0 Å². The number of fused-ring (bicyclic) bond motifs is 1. The maximum Gasteiger partial charge on any atom is 0.161 e. The minimum atomic E-state index is 0.0248. The Morgan fingerprint density at radius 3 is 2.21 bits per heavy atom. The summed E-state index contributed by atoms with van der Waals surface area (Å²) in [5, 5.41) is 4.58. The molecule has 0 fully saturated rings. The fraction of sp³-hybridized carbons (Fsp3) is 0.500. The van der Waals surface area contributed by atoms with Crippen molar-refractivity contribution in [1.82, 2.24) is 9.97 Å². The van der Waals surface area contributed by atoms with Crippen molar-refractivity contribution in [2.75, 3.05) is 5.32 Å². The lowest BCUT2D eigenvalue weighted by Crippen LogP contribution is -2.26. The molecule has 0 aliphatic carbocycles. The van der Waals surface area contributed by atoms with Gasteiger partial charge in [0.15, 0.2) is 5.65 Å². The third-order valence-corrected chi connectivity index (χ3v) is 2.88. The summed E-state index contributed by atoms with van der Waals surface area (Å²) in [7, 11) is 0. The van der Waals surface area contributed by atoms with Gasteiger partial charge in [-0.25, -0.2) is 9.97 Å². The van der Waals surface area contributed by atoms with E-state index in [4.69, 9.17) is 0 Å². The molecule has 0 aliphatic rings. The van der Waals surface area contributed by atoms with Gasteiger partial charge in [-0.1, -0.05) is 20.8 Å². The Bertz CT molecular complexity index is 589. The molecule has 2 aromatic rings. The smallest absolute Gasteiger partial charge is 0.161 e. The lowest BCUT2D eigenvalue weighted by Gasteiger charge is -2.23. The van der Waals surface area contributed by atoms with Gasteiger partial charge in [-0.15, -0.1) is 0 Å². The molecule has 0 radical (unpaired) electrons. The van der Waals surface area contributed by atoms with Crippen LogP contribution in [0.5, 0.6) is 0 Å². The summed E-state index contributed by atoms with van der Waals surface area (Å²) in [6.45, 7) is 12.9. The number of hydrogen-bond donors (Lipinski definition) is 1. The molecule has 19 heavy (non-hydrogen) atoms. The first-order valence-electron chi connectivity index (χ1n) is 6.71. The normalized spacial score (nSPS) is 12.7. The molecule has 0 amide bonds. The molecular weight excluding hydrogens is 234 g/mol. The first kappa shape index (κ1) is 13.8. The summed E-state index contributed by atoms with van der Waals surface area (Å²) in [5.74, 6) is 0. The van der Waals surface area contributed by atoms with Crippen molar-refractivity contribution < 1.29 is 0 Å². The number of aromatic nitrogens is 2. The Morgan fingerprint density at radius 2 is 1.63 bits per heavy atom. The second-order valence-corrected chi connectivity index (χ2v) is 7.05. The molecule has 0 spiro atoms. The lowest BCUT2D eigenvalue weighted by molar-refractivity contribution is 0.571. The van der Waals surface area contributed by atoms with Crippen LogP contribution in [0.2, 0.25) is 0 Å². The summed E-state index contributed by atoms with van der Waals surface area (Å²) in [5.41, 5.74) is 3.04. The quantitative estimate of drug-likeness (QED) is 0.834. The standard InChI is InChI=1S/C16H23N3/c1-15(2,3)13-8-7-11-12(19-16(4,5)6)9-10-17-14(11)18-13/h7-10H,1-6H3,(H,17,18,19). The van der Waals surface area contributed by atoms with E-state index in [1.807, 2.05) is 12.3 Å². The Labute approximate surface area is 115 Å². The van der Waals surface area contributed by atoms with E-state index in [1.54, 1.807) is 0 Å². The van der Waals surface area contributed by atoms with Crippen molar-refractivity contribution in [1.29, 1.82) is 0 Å². The van der Waals surface area contributed by atoms with E-state index in [-0.39, 0.29) is 11.0 Å². The Kier molecular flexibility index (Phi) is 3.25. The highest BCUT2D eigenvalue weighted by molar-refractivity contribution is 5.89. The maximum absolute atomic E-state index is 4.69. The van der Waals surface area contributed by atoms with Crippen LogP contribution in [0.4, 0.5) is 5.69 Å². The molecule has 3 heteroatoms. The molecule has 2 rings (SSSR count). The van der Waals surface area contributed by atoms with Gasteiger partial charge in [-0.3, -0.25) is 0 Å². The van der Waals surface area contributed by atoms with Crippen LogP contribution in [0, 0.1) is 0 Å². The van der Waals surface area contributed by atoms with E-state index < -0.39 is 0 Å². The summed E-state index contributed by atoms with van der Waals surface area (Å²) in [6, 6.07) is 6.22. The minimum absolute atomic E-state index is 0.0248. The van der Waals surface area contributed by atoms with Crippen LogP contribution in [0.15, 0.2) is 24.4 Å². The predicted octanol–water partition coefficient (Wildman–Crippen LogP) is 4.14. The zero-order valence-electron chi connectivity index (χ0n) is 12.7. The fourth-order valence-corrected chi connectivity index (χ4v) is 1.96. The molecule has 0 saturated heterocycles. The van der Waals surface area contributed by atoms with Crippen LogP contribution in [0.3, 0.4) is 0 Å². The number of pyridine rings is 2. The van der Waals surface area contributed by atoms with Crippen molar-refractivity contribution in [2.45, 2.75) is 52.5 Å². The number of nitrogens with zero attached hydrogens (tertiary/aromatic N) is 2. The van der Waals surface area contributed by atoms with Gasteiger partial charge >= 0.3 is 0 Å². The summed E-state index contributed by atoms with van der Waals surface area (Å²) < 4.78 is 0. The highest BCUT2D eigenvalue weighted by Crippen LogP contribution is 2.27. The summed E-state index contributed by atoms with van der Waals surface area (Å²) in [4.78, 5) is 9.08. The van der Waals surface area contributed by atoms with E-state index in [2.05, 4.69) is 69.0 Å². The number of nitrogens with one attached hydrogen (secondary N) is 1. The molecule has 0 aliphatic heterocycles. The zero-order chi connectivity index (χ0) is 14.3. The average Bonchev–Trinajstić information content (AvgIpc) is 2.25. The third-order valence-electron chi connectivity index (χ3n) is 2.88. The molecule has 3 nitrogen and oxygen atoms in total. The van der Waals surface area contributed by atoms with Gasteiger partial charge in [0.05, 0.1) is 0 Å². The van der Waals surface area contributed by atoms with E-state index in [0.29, 0.717) is 0 Å². The largest absolute Gasteiger partial charge is 0.380 e. The van der Waals surface area contributed by atoms with Gasteiger partial charge in [0.1, 0.15) is 0 Å². The molecule has 2 heterocycles. The predicted molar refractivity (Wildman–Crippen MR) is 81.6 cm³/mol. The van der Waals surface area contributed by atoms with Crippen molar-refractivity contribution in [3.63, 3.8) is 0 Å². The van der Waals surface area contributed by atoms with Crippen LogP contribution in [-0.4, -0.2) is 15.5 Å². The van der Waals surface area contributed by atoms with E-state index in [1.165, 1.54) is 0 Å². The monoisotopic (exact) mass is 257 g/mol. The van der Waals surface area contributed by atoms with Crippen LogP contribution in [0.1, 0.15) is 47.2 Å². The second kappa shape index (κ2) is 4.48. The van der Waals surface area contributed by atoms with Crippen molar-refractivity contribution in [3.05, 3.63) is 30.1 Å². The number of rotatable bonds is 1. The van der Waals surface area contributed by atoms with Gasteiger partial charge in [0.2, 0.25) is 0 Å². The van der Waals surface area contributed by atoms with Gasteiger partial charge in [0, 0.05) is 33.9 Å². The molecule has 2 aromatic heterocycles. The van der Waals surface area contributed by atoms with Crippen LogP contribution in [-0.2, 0) is 5.41 Å². The fourth-order valence-electron chi connectivity index (χ4n) is 1.96. The summed E-state index contributed by atoms with van der Waals surface area (Å²) >= 11 is 0. The van der Waals surface area contributed by atoms with Crippen LogP contribution in [0.25, 0.3) is 11.0 Å². The van der Waals surface area contributed by atoms with Crippen molar-refractivity contribution in [2.24, 2.45) is 0 Å². The Hall–Kier alpha value is -1.64. The molecule has 0 unspecified atom stereocenters. The molecule has 0 atom stereocenters. The Balaban J connectivity index is 2.53. The Morgan fingerprint density at radius 1 is 0.947 bits per heavy atom. The highest BCUT2D eigenvalue weighted by Gasteiger charge is 2.17. The van der Waals surface area contributed by atoms with Gasteiger partial charge < -0.3 is 5.32 Å². The third kappa shape index (κ3) is 3.22. The molecule has 0 aromatic carbocycles. The van der Waals surface area contributed by atoms with Crippen LogP contribution >= 0.6 is 0 Å². The lowest BCUT2D eigenvalue weighted by atomic mass is 9.91. The zero-order valence-corrected chi connectivity index (χ0v) is 12.7. The number of anilines is 1. The van der Waals surface area contributed by atoms with Crippen molar-refractivity contribution >= 4 is 16.7 Å². The second-order valence-electron chi connectivity index (χ2n) is 7.05. The van der Waals surface area contributed by atoms with Crippen molar-refractivity contribution in [3.8, 4) is 0 Å². The molecule has 0 bridgehead atoms. The summed E-state index contributed by atoms with van der Waals surface area (Å²) in [6.07, 6.45) is 1.82. The first-order chi connectivity index (χ1) is 8.67. The van der Waals surface area contributed by atoms with Gasteiger partial charge in [0.25, 0.3) is 0 Å². The van der Waals surface area contributed by atoms with Gasteiger partial charge in [-0.05, 0) is 39.0 Å². The first-order valence-corrected chi connectivity index (χ1v) is 6.71. The molecule has 0 saturated carbocycles. The average molecular weight is 257 g/mol. The SMILES string of the molecule is CC(C)(C)Nc1ccnc2nc(C(C)(C)C)ccc12. The highest BCUT2D eigenvalue weighted by atomic mass is 15.0. The van der Waals surface area contributed by atoms with E-state index in [0.717, 1.165) is 22.4 Å². The molecule has 1 N–H and O–H groups in total. The number of hydrogen-bond acceptors (Lipinski definition) is 3. The van der Waals surface area contributed by atoms with E-state index >= 15 is 0 Å². The minimum Gasteiger partial charge on any atom is -0.380 e. The van der Waals surface area contributed by atoms with Crippen LogP contribution < -0.4 is 5.32 Å². The van der Waals surface area contributed by atoms with Gasteiger partial charge in [-0.2, -0.15) is 0 Å². The maximum atomic E-state index is 4.69.